The van der Waals surface area contributed by atoms with Gasteiger partial charge in [-0.25, -0.2) is 4.98 Å². The smallest absolute Gasteiger partial charge is 0.141 e. The highest BCUT2D eigenvalue weighted by Crippen LogP contribution is 2.42. The van der Waals surface area contributed by atoms with Crippen molar-refractivity contribution in [1.82, 2.24) is 14.1 Å². The summed E-state index contributed by atoms with van der Waals surface area (Å²) in [5.74, 6) is 0. The highest BCUT2D eigenvalue weighted by Gasteiger charge is 2.23. The number of fused-ring (bicyclic) bond motifs is 6. The first kappa shape index (κ1) is 36.6. The largest absolute Gasteiger partial charge is 0.309 e. The predicted molar refractivity (Wildman–Crippen MR) is 238 cm³/mol. The number of hydrogen-bond acceptors (Lipinski definition) is 7. The SMILES string of the molecule is N#Cc1cc(C#N)cc(-c2ccc3c(c2)c2ccccc2n3-c2cc(-c3ccnc(C#N)c3)c(-n3c4ccccc4c4cc(-c5cc(C#N)cc(C#N)c5)ccc43)cc2C#N)c1. The van der Waals surface area contributed by atoms with E-state index in [-0.39, 0.29) is 5.69 Å². The van der Waals surface area contributed by atoms with Gasteiger partial charge in [-0.05, 0) is 125 Å². The zero-order valence-corrected chi connectivity index (χ0v) is 32.5. The molecular formula is C53H25N9. The molecule has 0 spiro atoms. The second-order valence-corrected chi connectivity index (χ2v) is 14.8. The topological polar surface area (TPSA) is 165 Å². The normalized spacial score (nSPS) is 10.8. The monoisotopic (exact) mass is 787 g/mol. The highest BCUT2D eigenvalue weighted by atomic mass is 15.0. The van der Waals surface area contributed by atoms with Crippen LogP contribution < -0.4 is 0 Å². The van der Waals surface area contributed by atoms with Crippen LogP contribution >= 0.6 is 0 Å². The molecule has 0 aliphatic rings. The van der Waals surface area contributed by atoms with E-state index < -0.39 is 0 Å². The third-order valence-electron chi connectivity index (χ3n) is 11.3. The van der Waals surface area contributed by atoms with E-state index in [1.807, 2.05) is 91.0 Å². The van der Waals surface area contributed by atoms with E-state index in [2.05, 4.69) is 62.7 Å². The predicted octanol–water partition coefficient (Wildman–Crippen LogP) is 11.5. The first-order chi connectivity index (χ1) is 30.4. The van der Waals surface area contributed by atoms with Crippen LogP contribution in [-0.2, 0) is 0 Å². The highest BCUT2D eigenvalue weighted by molar-refractivity contribution is 6.12. The fraction of sp³-hybridized carbons (Fsp3) is 0. The lowest BCUT2D eigenvalue weighted by Crippen LogP contribution is -2.04. The summed E-state index contributed by atoms with van der Waals surface area (Å²) in [5.41, 5.74) is 11.7. The Morgan fingerprint density at radius 1 is 0.355 bits per heavy atom. The number of hydrogen-bond donors (Lipinski definition) is 0. The lowest BCUT2D eigenvalue weighted by molar-refractivity contribution is 1.13. The molecule has 3 heterocycles. The Balaban J connectivity index is 1.25. The van der Waals surface area contributed by atoms with Crippen LogP contribution in [0.25, 0.3) is 88.4 Å². The quantitative estimate of drug-likeness (QED) is 0.167. The molecule has 0 saturated heterocycles. The Hall–Kier alpha value is -9.77. The Morgan fingerprint density at radius 2 is 0.839 bits per heavy atom. The third-order valence-corrected chi connectivity index (χ3v) is 11.3. The molecule has 0 bridgehead atoms. The zero-order valence-electron chi connectivity index (χ0n) is 32.5. The molecule has 0 saturated carbocycles. The van der Waals surface area contributed by atoms with E-state index in [1.165, 1.54) is 0 Å². The molecule has 9 nitrogen and oxygen atoms in total. The lowest BCUT2D eigenvalue weighted by Gasteiger charge is -2.19. The molecule has 0 aliphatic heterocycles. The first-order valence-corrected chi connectivity index (χ1v) is 19.4. The minimum absolute atomic E-state index is 0.243. The summed E-state index contributed by atoms with van der Waals surface area (Å²) in [6, 6.07) is 59.2. The number of nitriles is 6. The number of benzene rings is 7. The second-order valence-electron chi connectivity index (χ2n) is 14.8. The summed E-state index contributed by atoms with van der Waals surface area (Å²) in [5, 5.41) is 63.6. The van der Waals surface area contributed by atoms with Gasteiger partial charge in [0.15, 0.2) is 0 Å². The molecule has 0 fully saturated rings. The van der Waals surface area contributed by atoms with Gasteiger partial charge in [-0.2, -0.15) is 31.6 Å². The van der Waals surface area contributed by atoms with E-state index in [9.17, 15) is 31.6 Å². The van der Waals surface area contributed by atoms with Gasteiger partial charge < -0.3 is 9.13 Å². The maximum Gasteiger partial charge on any atom is 0.141 e. The van der Waals surface area contributed by atoms with E-state index in [0.717, 1.165) is 77.0 Å². The van der Waals surface area contributed by atoms with Gasteiger partial charge >= 0.3 is 0 Å². The zero-order chi connectivity index (χ0) is 42.5. The summed E-state index contributed by atoms with van der Waals surface area (Å²) in [6.45, 7) is 0. The molecule has 0 aliphatic carbocycles. The molecule has 0 amide bonds. The maximum atomic E-state index is 11.1. The first-order valence-electron chi connectivity index (χ1n) is 19.4. The molecule has 282 valence electrons. The summed E-state index contributed by atoms with van der Waals surface area (Å²) in [7, 11) is 0. The van der Waals surface area contributed by atoms with Crippen molar-refractivity contribution >= 4 is 43.6 Å². The molecule has 62 heavy (non-hydrogen) atoms. The number of para-hydroxylation sites is 2. The number of rotatable bonds is 5. The Kier molecular flexibility index (Phi) is 8.58. The van der Waals surface area contributed by atoms with Crippen LogP contribution in [0.1, 0.15) is 33.5 Å². The fourth-order valence-electron chi connectivity index (χ4n) is 8.60. The van der Waals surface area contributed by atoms with Crippen LogP contribution in [0, 0.1) is 68.0 Å². The number of pyridine rings is 1. The third kappa shape index (κ3) is 5.85. The standard InChI is InChI=1S/C53H25N9/c54-26-32-15-33(27-55)18-39(17-32)36-9-11-50-46(22-36)43-5-1-3-7-48(43)61(50)52-25-45(38-13-14-60-42(21-38)31-59)53(24-41(52)30-58)62-49-8-4-2-6-44(49)47-23-37(10-12-51(47)62)40-19-34(28-56)16-35(20-40)29-57/h1-25H. The van der Waals surface area contributed by atoms with Crippen LogP contribution in [0.15, 0.2) is 152 Å². The van der Waals surface area contributed by atoms with E-state index in [0.29, 0.717) is 39.2 Å². The van der Waals surface area contributed by atoms with Gasteiger partial charge in [0.25, 0.3) is 0 Å². The molecule has 0 atom stereocenters. The van der Waals surface area contributed by atoms with Crippen molar-refractivity contribution in [2.24, 2.45) is 0 Å². The Labute approximate surface area is 354 Å². The Morgan fingerprint density at radius 3 is 1.32 bits per heavy atom. The van der Waals surface area contributed by atoms with E-state index in [1.54, 1.807) is 48.7 Å². The van der Waals surface area contributed by atoms with Gasteiger partial charge in [-0.15, -0.1) is 0 Å². The van der Waals surface area contributed by atoms with Gasteiger partial charge in [0.1, 0.15) is 17.8 Å². The molecule has 0 radical (unpaired) electrons. The van der Waals surface area contributed by atoms with Crippen LogP contribution in [0.5, 0.6) is 0 Å². The fourth-order valence-corrected chi connectivity index (χ4v) is 8.60. The molecule has 0 N–H and O–H groups in total. The van der Waals surface area contributed by atoms with Gasteiger partial charge in [0, 0.05) is 33.3 Å². The molecule has 7 aromatic carbocycles. The minimum atomic E-state index is 0.243. The van der Waals surface area contributed by atoms with Crippen molar-refractivity contribution in [2.75, 3.05) is 0 Å². The van der Waals surface area contributed by atoms with Crippen molar-refractivity contribution in [1.29, 1.82) is 31.6 Å². The van der Waals surface area contributed by atoms with Crippen molar-refractivity contribution in [2.45, 2.75) is 0 Å². The molecular weight excluding hydrogens is 763 g/mol. The number of nitrogens with zero attached hydrogens (tertiary/aromatic N) is 9. The van der Waals surface area contributed by atoms with Gasteiger partial charge in [0.05, 0.1) is 85.5 Å². The minimum Gasteiger partial charge on any atom is -0.309 e. The second kappa shape index (κ2) is 14.6. The Bertz CT molecular complexity index is 3780. The summed E-state index contributed by atoms with van der Waals surface area (Å²) >= 11 is 0. The van der Waals surface area contributed by atoms with Gasteiger partial charge in [-0.3, -0.25) is 0 Å². The summed E-state index contributed by atoms with van der Waals surface area (Å²) in [4.78, 5) is 4.28. The summed E-state index contributed by atoms with van der Waals surface area (Å²) < 4.78 is 4.22. The van der Waals surface area contributed by atoms with Crippen molar-refractivity contribution in [3.63, 3.8) is 0 Å². The van der Waals surface area contributed by atoms with E-state index in [4.69, 9.17) is 0 Å². The van der Waals surface area contributed by atoms with Gasteiger partial charge in [-0.1, -0.05) is 48.5 Å². The molecule has 0 unspecified atom stereocenters. The van der Waals surface area contributed by atoms with Crippen LogP contribution in [-0.4, -0.2) is 14.1 Å². The number of aromatic nitrogens is 3. The average Bonchev–Trinajstić information content (AvgIpc) is 3.85. The summed E-state index contributed by atoms with van der Waals surface area (Å²) in [6.07, 6.45) is 1.61. The van der Waals surface area contributed by atoms with Crippen LogP contribution in [0.4, 0.5) is 0 Å². The molecule has 10 rings (SSSR count). The molecule has 3 aromatic heterocycles. The average molecular weight is 788 g/mol. The van der Waals surface area contributed by atoms with Crippen LogP contribution in [0.3, 0.4) is 0 Å². The lowest BCUT2D eigenvalue weighted by atomic mass is 9.98. The maximum absolute atomic E-state index is 11.1. The van der Waals surface area contributed by atoms with Crippen LogP contribution in [0.2, 0.25) is 0 Å². The molecule has 10 aromatic rings. The van der Waals surface area contributed by atoms with E-state index >= 15 is 0 Å². The van der Waals surface area contributed by atoms with Crippen molar-refractivity contribution < 1.29 is 0 Å². The molecule has 9 heteroatoms. The van der Waals surface area contributed by atoms with Crippen molar-refractivity contribution in [3.8, 4) is 81.2 Å². The van der Waals surface area contributed by atoms with Gasteiger partial charge in [0.2, 0.25) is 0 Å². The van der Waals surface area contributed by atoms with Crippen molar-refractivity contribution in [3.05, 3.63) is 185 Å².